The van der Waals surface area contributed by atoms with Gasteiger partial charge in [0.15, 0.2) is 11.5 Å². The van der Waals surface area contributed by atoms with Crippen LogP contribution in [0.5, 0.6) is 11.5 Å². The van der Waals surface area contributed by atoms with E-state index in [1.165, 1.54) is 19.2 Å². The van der Waals surface area contributed by atoms with Crippen molar-refractivity contribution in [3.05, 3.63) is 99.2 Å². The van der Waals surface area contributed by atoms with E-state index < -0.39 is 11.1 Å². The van der Waals surface area contributed by atoms with Crippen LogP contribution in [0.4, 0.5) is 9.18 Å². The van der Waals surface area contributed by atoms with Crippen molar-refractivity contribution in [3.8, 4) is 11.5 Å². The van der Waals surface area contributed by atoms with Gasteiger partial charge in [0.25, 0.3) is 11.1 Å². The van der Waals surface area contributed by atoms with Crippen LogP contribution >= 0.6 is 23.4 Å². The number of imide groups is 1. The highest BCUT2D eigenvalue weighted by Gasteiger charge is 2.35. The lowest BCUT2D eigenvalue weighted by Crippen LogP contribution is -2.27. The molecule has 0 spiro atoms. The Morgan fingerprint density at radius 2 is 1.76 bits per heavy atom. The molecule has 0 saturated carbocycles. The molecule has 1 aliphatic heterocycles. The van der Waals surface area contributed by atoms with Gasteiger partial charge in [0, 0.05) is 0 Å². The van der Waals surface area contributed by atoms with Crippen molar-refractivity contribution in [1.29, 1.82) is 0 Å². The van der Waals surface area contributed by atoms with E-state index in [1.807, 2.05) is 30.3 Å². The summed E-state index contributed by atoms with van der Waals surface area (Å²) in [6.07, 6.45) is 1.59. The lowest BCUT2D eigenvalue weighted by molar-refractivity contribution is -0.123. The fourth-order valence-corrected chi connectivity index (χ4v) is 4.36. The number of rotatable bonds is 7. The average Bonchev–Trinajstić information content (AvgIpc) is 3.07. The third-order valence-corrected chi connectivity index (χ3v) is 6.09. The van der Waals surface area contributed by atoms with E-state index >= 15 is 0 Å². The zero-order valence-electron chi connectivity index (χ0n) is 17.6. The van der Waals surface area contributed by atoms with Crippen LogP contribution in [0.25, 0.3) is 6.08 Å². The van der Waals surface area contributed by atoms with Gasteiger partial charge in [-0.05, 0) is 58.8 Å². The molecule has 0 aliphatic carbocycles. The van der Waals surface area contributed by atoms with Crippen molar-refractivity contribution in [1.82, 2.24) is 4.90 Å². The van der Waals surface area contributed by atoms with E-state index in [-0.39, 0.29) is 17.3 Å². The van der Waals surface area contributed by atoms with Crippen LogP contribution in [0.3, 0.4) is 0 Å². The zero-order valence-corrected chi connectivity index (χ0v) is 19.2. The van der Waals surface area contributed by atoms with E-state index in [0.717, 1.165) is 22.2 Å². The summed E-state index contributed by atoms with van der Waals surface area (Å²) in [6, 6.07) is 18.7. The molecule has 1 heterocycles. The van der Waals surface area contributed by atoms with E-state index in [2.05, 4.69) is 0 Å². The molecule has 1 saturated heterocycles. The third-order valence-electron chi connectivity index (χ3n) is 4.90. The summed E-state index contributed by atoms with van der Waals surface area (Å²) in [5, 5.41) is -0.0708. The first-order valence-corrected chi connectivity index (χ1v) is 11.2. The molecule has 8 heteroatoms. The molecule has 33 heavy (non-hydrogen) atoms. The Morgan fingerprint density at radius 1 is 1.03 bits per heavy atom. The van der Waals surface area contributed by atoms with Gasteiger partial charge >= 0.3 is 0 Å². The molecular weight excluding hydrogens is 465 g/mol. The van der Waals surface area contributed by atoms with Crippen LogP contribution in [0.15, 0.2) is 71.6 Å². The second-order valence-corrected chi connectivity index (χ2v) is 8.60. The molecular formula is C25H19ClFNO4S. The number of carbonyl (C=O) groups excluding carboxylic acids is 2. The van der Waals surface area contributed by atoms with Gasteiger partial charge in [-0.2, -0.15) is 0 Å². The van der Waals surface area contributed by atoms with Crippen LogP contribution in [0, 0.1) is 5.82 Å². The molecule has 4 rings (SSSR count). The van der Waals surface area contributed by atoms with Gasteiger partial charge in [-0.1, -0.05) is 54.1 Å². The fourth-order valence-electron chi connectivity index (χ4n) is 3.25. The Labute approximate surface area is 199 Å². The van der Waals surface area contributed by atoms with E-state index in [4.69, 9.17) is 21.1 Å². The van der Waals surface area contributed by atoms with E-state index in [9.17, 15) is 14.0 Å². The van der Waals surface area contributed by atoms with Gasteiger partial charge in [-0.25, -0.2) is 4.39 Å². The lowest BCUT2D eigenvalue weighted by atomic mass is 10.1. The number of thioether (sulfide) groups is 1. The quantitative estimate of drug-likeness (QED) is 0.369. The maximum absolute atomic E-state index is 13.1. The lowest BCUT2D eigenvalue weighted by Gasteiger charge is -2.14. The van der Waals surface area contributed by atoms with E-state index in [1.54, 1.807) is 30.3 Å². The molecule has 0 atom stereocenters. The normalized spacial score (nSPS) is 14.8. The number of carbonyl (C=O) groups is 2. The van der Waals surface area contributed by atoms with Crippen LogP contribution < -0.4 is 9.47 Å². The molecule has 0 N–H and O–H groups in total. The molecule has 0 bridgehead atoms. The largest absolute Gasteiger partial charge is 0.493 e. The third kappa shape index (κ3) is 5.38. The Bertz CT molecular complexity index is 1220. The maximum Gasteiger partial charge on any atom is 0.293 e. The van der Waals surface area contributed by atoms with Gasteiger partial charge < -0.3 is 9.47 Å². The monoisotopic (exact) mass is 483 g/mol. The first-order chi connectivity index (χ1) is 15.9. The highest BCUT2D eigenvalue weighted by Crippen LogP contribution is 2.39. The predicted molar refractivity (Wildman–Crippen MR) is 127 cm³/mol. The standard InChI is InChI=1S/C25H19ClFNO4S/c1-31-21-12-18(11-20(26)23(21)32-15-17-5-3-2-4-6-17)13-22-24(29)28(25(30)33-22)14-16-7-9-19(27)10-8-16/h2-13H,14-15H2,1H3/b22-13-. The smallest absolute Gasteiger partial charge is 0.293 e. The predicted octanol–water partition coefficient (Wildman–Crippen LogP) is 6.30. The number of amides is 2. The highest BCUT2D eigenvalue weighted by molar-refractivity contribution is 8.18. The summed E-state index contributed by atoms with van der Waals surface area (Å²) in [7, 11) is 1.50. The van der Waals surface area contributed by atoms with Crippen LogP contribution in [0.1, 0.15) is 16.7 Å². The van der Waals surface area contributed by atoms with Crippen molar-refractivity contribution in [2.24, 2.45) is 0 Å². The molecule has 1 fully saturated rings. The van der Waals surface area contributed by atoms with Gasteiger partial charge in [-0.15, -0.1) is 0 Å². The summed E-state index contributed by atoms with van der Waals surface area (Å²) in [5.74, 6) is 0.00318. The highest BCUT2D eigenvalue weighted by atomic mass is 35.5. The first-order valence-electron chi connectivity index (χ1n) is 9.98. The fraction of sp³-hybridized carbons (Fsp3) is 0.120. The first kappa shape index (κ1) is 22.9. The summed E-state index contributed by atoms with van der Waals surface area (Å²) < 4.78 is 24.4. The minimum absolute atomic E-state index is 0.0681. The van der Waals surface area contributed by atoms with Gasteiger partial charge in [0.1, 0.15) is 12.4 Å². The number of halogens is 2. The number of hydrogen-bond acceptors (Lipinski definition) is 5. The van der Waals surface area contributed by atoms with Crippen LogP contribution in [-0.2, 0) is 17.9 Å². The molecule has 168 valence electrons. The van der Waals surface area contributed by atoms with Gasteiger partial charge in [-0.3, -0.25) is 14.5 Å². The minimum Gasteiger partial charge on any atom is -0.493 e. The molecule has 0 unspecified atom stereocenters. The van der Waals surface area contributed by atoms with Crippen molar-refractivity contribution in [3.63, 3.8) is 0 Å². The average molecular weight is 484 g/mol. The Morgan fingerprint density at radius 3 is 2.45 bits per heavy atom. The number of hydrogen-bond donors (Lipinski definition) is 0. The topological polar surface area (TPSA) is 55.8 Å². The van der Waals surface area contributed by atoms with Gasteiger partial charge in [0.2, 0.25) is 0 Å². The molecule has 3 aromatic rings. The minimum atomic E-state index is -0.422. The van der Waals surface area contributed by atoms with Crippen molar-refractivity contribution < 1.29 is 23.5 Å². The van der Waals surface area contributed by atoms with Crippen molar-refractivity contribution >= 4 is 40.6 Å². The maximum atomic E-state index is 13.1. The van der Waals surface area contributed by atoms with Crippen molar-refractivity contribution in [2.45, 2.75) is 13.2 Å². The summed E-state index contributed by atoms with van der Waals surface area (Å²) in [4.78, 5) is 26.6. The second-order valence-electron chi connectivity index (χ2n) is 7.20. The van der Waals surface area contributed by atoms with Crippen LogP contribution in [-0.4, -0.2) is 23.2 Å². The summed E-state index contributed by atoms with van der Waals surface area (Å²) >= 11 is 7.28. The van der Waals surface area contributed by atoms with Gasteiger partial charge in [0.05, 0.1) is 23.6 Å². The Kier molecular flexibility index (Phi) is 7.01. The van der Waals surface area contributed by atoms with E-state index in [0.29, 0.717) is 34.3 Å². The molecule has 2 amide bonds. The SMILES string of the molecule is COc1cc(/C=C2\SC(=O)N(Cc3ccc(F)cc3)C2=O)cc(Cl)c1OCc1ccccc1. The molecule has 5 nitrogen and oxygen atoms in total. The molecule has 0 aromatic heterocycles. The summed E-state index contributed by atoms with van der Waals surface area (Å²) in [5.41, 5.74) is 2.23. The number of methoxy groups -OCH3 is 1. The number of ether oxygens (including phenoxy) is 2. The molecule has 3 aromatic carbocycles. The van der Waals surface area contributed by atoms with Crippen molar-refractivity contribution in [2.75, 3.05) is 7.11 Å². The Balaban J connectivity index is 1.53. The number of benzene rings is 3. The Hall–Kier alpha value is -3.29. The van der Waals surface area contributed by atoms with Crippen LogP contribution in [0.2, 0.25) is 5.02 Å². The summed E-state index contributed by atoms with van der Waals surface area (Å²) in [6.45, 7) is 0.386. The number of nitrogens with zero attached hydrogens (tertiary/aromatic N) is 1. The second kappa shape index (κ2) is 10.1. The zero-order chi connectivity index (χ0) is 23.4. The molecule has 1 aliphatic rings. The molecule has 0 radical (unpaired) electrons.